The van der Waals surface area contributed by atoms with Crippen LogP contribution in [0.4, 0.5) is 11.4 Å². The summed E-state index contributed by atoms with van der Waals surface area (Å²) in [6.45, 7) is 1.96. The zero-order chi connectivity index (χ0) is 17.8. The maximum absolute atomic E-state index is 9.51. The van der Waals surface area contributed by atoms with Crippen LogP contribution in [0, 0.1) is 6.92 Å². The number of benzene rings is 3. The molecule has 5 heteroatoms. The zero-order valence-corrected chi connectivity index (χ0v) is 15.0. The number of nitrogens with one attached hydrogen (secondary N) is 1. The van der Waals surface area contributed by atoms with Gasteiger partial charge in [0.1, 0.15) is 5.71 Å². The molecule has 0 aliphatic heterocycles. The second-order valence-electron chi connectivity index (χ2n) is 5.59. The van der Waals surface area contributed by atoms with Crippen LogP contribution in [0.15, 0.2) is 71.9 Å². The molecule has 3 nitrogen and oxygen atoms in total. The van der Waals surface area contributed by atoms with E-state index in [4.69, 9.17) is 23.2 Å². The number of oxime groups is 1. The van der Waals surface area contributed by atoms with E-state index >= 15 is 0 Å². The lowest BCUT2D eigenvalue weighted by Gasteiger charge is -2.12. The quantitative estimate of drug-likeness (QED) is 0.322. The molecule has 0 aliphatic rings. The van der Waals surface area contributed by atoms with Crippen molar-refractivity contribution in [2.24, 2.45) is 5.16 Å². The van der Waals surface area contributed by atoms with Crippen molar-refractivity contribution >= 4 is 40.3 Å². The smallest absolute Gasteiger partial charge is 0.118 e. The second-order valence-corrected chi connectivity index (χ2v) is 6.43. The van der Waals surface area contributed by atoms with Crippen LogP contribution in [0.25, 0.3) is 0 Å². The Labute approximate surface area is 156 Å². The Balaban J connectivity index is 1.91. The van der Waals surface area contributed by atoms with Gasteiger partial charge in [0, 0.05) is 27.5 Å². The summed E-state index contributed by atoms with van der Waals surface area (Å²) < 4.78 is 0. The minimum atomic E-state index is 0.446. The molecule has 2 N–H and O–H groups in total. The molecule has 0 atom stereocenters. The van der Waals surface area contributed by atoms with Crippen molar-refractivity contribution in [3.63, 3.8) is 0 Å². The normalized spacial score (nSPS) is 11.4. The topological polar surface area (TPSA) is 44.6 Å². The van der Waals surface area contributed by atoms with Gasteiger partial charge in [0.25, 0.3) is 0 Å². The highest BCUT2D eigenvalue weighted by Crippen LogP contribution is 2.27. The molecular weight excluding hydrogens is 355 g/mol. The van der Waals surface area contributed by atoms with Crippen molar-refractivity contribution in [3.8, 4) is 0 Å². The van der Waals surface area contributed by atoms with Crippen LogP contribution in [0.2, 0.25) is 10.0 Å². The Hall–Kier alpha value is -2.49. The largest absolute Gasteiger partial charge is 0.410 e. The van der Waals surface area contributed by atoms with E-state index in [-0.39, 0.29) is 0 Å². The first-order valence-electron chi connectivity index (χ1n) is 7.69. The average molecular weight is 371 g/mol. The first kappa shape index (κ1) is 17.3. The Bertz CT molecular complexity index is 921. The highest BCUT2D eigenvalue weighted by Gasteiger charge is 2.14. The molecule has 0 saturated heterocycles. The Morgan fingerprint density at radius 2 is 1.56 bits per heavy atom. The monoisotopic (exact) mass is 370 g/mol. The van der Waals surface area contributed by atoms with Gasteiger partial charge in [-0.1, -0.05) is 52.6 Å². The van der Waals surface area contributed by atoms with Crippen molar-refractivity contribution in [3.05, 3.63) is 93.5 Å². The van der Waals surface area contributed by atoms with E-state index in [1.165, 1.54) is 0 Å². The van der Waals surface area contributed by atoms with Crippen LogP contribution in [0.3, 0.4) is 0 Å². The molecule has 0 amide bonds. The van der Waals surface area contributed by atoms with Gasteiger partial charge in [0.15, 0.2) is 0 Å². The van der Waals surface area contributed by atoms with Gasteiger partial charge in [-0.2, -0.15) is 0 Å². The first-order valence-corrected chi connectivity index (χ1v) is 8.44. The number of hydrogen-bond donors (Lipinski definition) is 2. The van der Waals surface area contributed by atoms with Crippen molar-refractivity contribution in [1.82, 2.24) is 0 Å². The lowest BCUT2D eigenvalue weighted by Crippen LogP contribution is -2.06. The van der Waals surface area contributed by atoms with Crippen molar-refractivity contribution in [2.45, 2.75) is 6.92 Å². The molecule has 126 valence electrons. The van der Waals surface area contributed by atoms with Gasteiger partial charge in [0.05, 0.1) is 5.02 Å². The fraction of sp³-hybridized carbons (Fsp3) is 0.0500. The van der Waals surface area contributed by atoms with Crippen LogP contribution in [0.5, 0.6) is 0 Å². The standard InChI is InChI=1S/C20H16Cl2N2O/c1-13-4-2-3-5-17(13)20(24-25)18-11-10-16(12-19(18)22)23-15-8-6-14(21)7-9-15/h2-12,23,25H,1H3. The molecule has 0 fully saturated rings. The number of rotatable bonds is 4. The van der Waals surface area contributed by atoms with E-state index in [0.717, 1.165) is 22.5 Å². The number of aryl methyl sites for hydroxylation is 1. The van der Waals surface area contributed by atoms with E-state index in [0.29, 0.717) is 21.3 Å². The van der Waals surface area contributed by atoms with Gasteiger partial charge in [-0.15, -0.1) is 0 Å². The molecule has 0 radical (unpaired) electrons. The Morgan fingerprint density at radius 1 is 0.880 bits per heavy atom. The van der Waals surface area contributed by atoms with Gasteiger partial charge < -0.3 is 10.5 Å². The second kappa shape index (κ2) is 7.60. The van der Waals surface area contributed by atoms with E-state index in [2.05, 4.69) is 10.5 Å². The third-order valence-corrected chi connectivity index (χ3v) is 4.42. The van der Waals surface area contributed by atoms with Gasteiger partial charge in [-0.05, 0) is 55.0 Å². The third kappa shape index (κ3) is 3.95. The van der Waals surface area contributed by atoms with Crippen LogP contribution in [-0.4, -0.2) is 10.9 Å². The fourth-order valence-electron chi connectivity index (χ4n) is 2.58. The van der Waals surface area contributed by atoms with Crippen LogP contribution >= 0.6 is 23.2 Å². The lowest BCUT2D eigenvalue weighted by molar-refractivity contribution is 0.319. The summed E-state index contributed by atoms with van der Waals surface area (Å²) >= 11 is 12.3. The molecule has 0 bridgehead atoms. The maximum atomic E-state index is 9.51. The molecule has 0 saturated carbocycles. The van der Waals surface area contributed by atoms with Crippen molar-refractivity contribution < 1.29 is 5.21 Å². The van der Waals surface area contributed by atoms with Gasteiger partial charge >= 0.3 is 0 Å². The molecule has 25 heavy (non-hydrogen) atoms. The van der Waals surface area contributed by atoms with Crippen LogP contribution in [-0.2, 0) is 0 Å². The molecular formula is C20H16Cl2N2O. The summed E-state index contributed by atoms with van der Waals surface area (Å²) in [4.78, 5) is 0. The lowest BCUT2D eigenvalue weighted by atomic mass is 9.98. The van der Waals surface area contributed by atoms with Gasteiger partial charge in [-0.3, -0.25) is 0 Å². The molecule has 3 aromatic rings. The Morgan fingerprint density at radius 3 is 2.20 bits per heavy atom. The highest BCUT2D eigenvalue weighted by atomic mass is 35.5. The molecule has 0 heterocycles. The Kier molecular flexibility index (Phi) is 5.27. The van der Waals surface area contributed by atoms with Gasteiger partial charge in [-0.25, -0.2) is 0 Å². The predicted molar refractivity (Wildman–Crippen MR) is 105 cm³/mol. The number of nitrogens with zero attached hydrogens (tertiary/aromatic N) is 1. The first-order chi connectivity index (χ1) is 12.1. The molecule has 3 rings (SSSR count). The maximum Gasteiger partial charge on any atom is 0.118 e. The van der Waals surface area contributed by atoms with Crippen molar-refractivity contribution in [1.29, 1.82) is 0 Å². The third-order valence-electron chi connectivity index (χ3n) is 3.86. The fourth-order valence-corrected chi connectivity index (χ4v) is 2.97. The molecule has 0 unspecified atom stereocenters. The summed E-state index contributed by atoms with van der Waals surface area (Å²) in [5, 5.41) is 17.4. The van der Waals surface area contributed by atoms with Crippen LogP contribution < -0.4 is 5.32 Å². The molecule has 0 aliphatic carbocycles. The average Bonchev–Trinajstić information content (AvgIpc) is 2.61. The summed E-state index contributed by atoms with van der Waals surface area (Å²) in [6.07, 6.45) is 0. The minimum Gasteiger partial charge on any atom is -0.410 e. The number of anilines is 2. The summed E-state index contributed by atoms with van der Waals surface area (Å²) in [5.74, 6) is 0. The predicted octanol–water partition coefficient (Wildman–Crippen LogP) is 6.27. The SMILES string of the molecule is Cc1ccccc1C(=NO)c1ccc(Nc2ccc(Cl)cc2)cc1Cl. The van der Waals surface area contributed by atoms with E-state index < -0.39 is 0 Å². The summed E-state index contributed by atoms with van der Waals surface area (Å²) in [5.41, 5.74) is 4.70. The summed E-state index contributed by atoms with van der Waals surface area (Å²) in [7, 11) is 0. The molecule has 0 spiro atoms. The van der Waals surface area contributed by atoms with E-state index in [1.807, 2.05) is 67.6 Å². The van der Waals surface area contributed by atoms with Crippen LogP contribution in [0.1, 0.15) is 16.7 Å². The summed E-state index contributed by atoms with van der Waals surface area (Å²) in [6, 6.07) is 20.6. The number of hydrogen-bond acceptors (Lipinski definition) is 3. The molecule has 0 aromatic heterocycles. The number of halogens is 2. The zero-order valence-electron chi connectivity index (χ0n) is 13.5. The molecule has 3 aromatic carbocycles. The van der Waals surface area contributed by atoms with E-state index in [9.17, 15) is 5.21 Å². The van der Waals surface area contributed by atoms with Crippen molar-refractivity contribution in [2.75, 3.05) is 5.32 Å². The van der Waals surface area contributed by atoms with Gasteiger partial charge in [0.2, 0.25) is 0 Å². The van der Waals surface area contributed by atoms with E-state index in [1.54, 1.807) is 6.07 Å². The minimum absolute atomic E-state index is 0.446. The highest BCUT2D eigenvalue weighted by molar-refractivity contribution is 6.35.